The van der Waals surface area contributed by atoms with Crippen LogP contribution in [-0.4, -0.2) is 70.2 Å². The van der Waals surface area contributed by atoms with Crippen molar-refractivity contribution in [3.8, 4) is 11.4 Å². The van der Waals surface area contributed by atoms with Gasteiger partial charge < -0.3 is 9.47 Å². The van der Waals surface area contributed by atoms with Crippen LogP contribution in [0.2, 0.25) is 0 Å². The van der Waals surface area contributed by atoms with E-state index in [-0.39, 0.29) is 5.91 Å². The van der Waals surface area contributed by atoms with Crippen LogP contribution in [0.1, 0.15) is 39.5 Å². The second-order valence-corrected chi connectivity index (χ2v) is 11.4. The molecule has 2 aliphatic rings. The monoisotopic (exact) mass is 477 g/mol. The summed E-state index contributed by atoms with van der Waals surface area (Å²) in [6, 6.07) is 6.86. The number of amides is 1. The van der Waals surface area contributed by atoms with Crippen LogP contribution in [0.25, 0.3) is 11.4 Å². The molecule has 3 heterocycles. The van der Waals surface area contributed by atoms with Gasteiger partial charge in [0.1, 0.15) is 0 Å². The third kappa shape index (κ3) is 4.87. The van der Waals surface area contributed by atoms with Gasteiger partial charge in [0.05, 0.1) is 10.6 Å². The molecule has 10 heteroatoms. The van der Waals surface area contributed by atoms with Crippen LogP contribution in [0.3, 0.4) is 0 Å². The molecule has 8 nitrogen and oxygen atoms in total. The number of thioether (sulfide) groups is 1. The number of hydrogen-bond acceptors (Lipinski definition) is 6. The summed E-state index contributed by atoms with van der Waals surface area (Å²) in [6.45, 7) is 7.74. The van der Waals surface area contributed by atoms with Gasteiger partial charge in [-0.05, 0) is 62.8 Å². The second kappa shape index (κ2) is 9.93. The topological polar surface area (TPSA) is 88.4 Å². The predicted molar refractivity (Wildman–Crippen MR) is 125 cm³/mol. The molecule has 0 unspecified atom stereocenters. The van der Waals surface area contributed by atoms with Gasteiger partial charge in [-0.25, -0.2) is 8.42 Å². The van der Waals surface area contributed by atoms with Crippen LogP contribution in [0.5, 0.6) is 0 Å². The van der Waals surface area contributed by atoms with Gasteiger partial charge in [0.2, 0.25) is 15.9 Å². The van der Waals surface area contributed by atoms with Crippen LogP contribution < -0.4 is 0 Å². The summed E-state index contributed by atoms with van der Waals surface area (Å²) in [5.41, 5.74) is 0.808. The maximum atomic E-state index is 12.8. The molecule has 4 rings (SSSR count). The number of aromatic nitrogens is 3. The predicted octanol–water partition coefficient (Wildman–Crippen LogP) is 3.10. The zero-order valence-electron chi connectivity index (χ0n) is 18.7. The fourth-order valence-corrected chi connectivity index (χ4v) is 6.65. The zero-order chi connectivity index (χ0) is 22.7. The average molecular weight is 478 g/mol. The molecular formula is C22H31N5O3S2. The van der Waals surface area contributed by atoms with E-state index in [4.69, 9.17) is 0 Å². The normalized spacial score (nSPS) is 18.4. The van der Waals surface area contributed by atoms with Gasteiger partial charge in [-0.15, -0.1) is 10.2 Å². The lowest BCUT2D eigenvalue weighted by molar-refractivity contribution is -0.129. The van der Waals surface area contributed by atoms with Crippen LogP contribution in [0, 0.1) is 5.92 Å². The molecule has 1 amide bonds. The van der Waals surface area contributed by atoms with Gasteiger partial charge in [-0.2, -0.15) is 4.31 Å². The van der Waals surface area contributed by atoms with Crippen molar-refractivity contribution >= 4 is 27.7 Å². The highest BCUT2D eigenvalue weighted by Crippen LogP contribution is 2.27. The smallest absolute Gasteiger partial charge is 0.243 e. The lowest BCUT2D eigenvalue weighted by Gasteiger charge is -2.30. The number of benzene rings is 1. The first kappa shape index (κ1) is 23.3. The summed E-state index contributed by atoms with van der Waals surface area (Å²) in [7, 11) is -3.44. The number of rotatable bonds is 7. The van der Waals surface area contributed by atoms with E-state index in [1.165, 1.54) is 11.8 Å². The van der Waals surface area contributed by atoms with Crippen LogP contribution in [0.4, 0.5) is 0 Å². The van der Waals surface area contributed by atoms with Crippen molar-refractivity contribution in [3.05, 3.63) is 24.3 Å². The van der Waals surface area contributed by atoms with E-state index in [1.807, 2.05) is 16.4 Å². The molecule has 1 aromatic heterocycles. The number of carbonyl (C=O) groups is 1. The summed E-state index contributed by atoms with van der Waals surface area (Å²) in [5, 5.41) is 9.34. The first-order valence-electron chi connectivity index (χ1n) is 11.3. The molecule has 0 spiro atoms. The summed E-state index contributed by atoms with van der Waals surface area (Å²) in [5.74, 6) is 1.86. The van der Waals surface area contributed by atoms with Crippen molar-refractivity contribution in [3.63, 3.8) is 0 Å². The highest BCUT2D eigenvalue weighted by Gasteiger charge is 2.27. The summed E-state index contributed by atoms with van der Waals surface area (Å²) in [6.07, 6.45) is 3.96. The molecule has 2 aliphatic heterocycles. The van der Waals surface area contributed by atoms with E-state index >= 15 is 0 Å². The number of nitrogens with zero attached hydrogens (tertiary/aromatic N) is 5. The fraction of sp³-hybridized carbons (Fsp3) is 0.591. The van der Waals surface area contributed by atoms with Crippen molar-refractivity contribution in [2.24, 2.45) is 5.92 Å². The molecule has 0 bridgehead atoms. The van der Waals surface area contributed by atoms with E-state index in [2.05, 4.69) is 17.1 Å². The van der Waals surface area contributed by atoms with E-state index in [0.717, 1.165) is 44.3 Å². The van der Waals surface area contributed by atoms with Crippen LogP contribution in [-0.2, 0) is 21.4 Å². The Morgan fingerprint density at radius 3 is 2.34 bits per heavy atom. The number of sulfonamides is 1. The molecule has 0 saturated carbocycles. The van der Waals surface area contributed by atoms with E-state index < -0.39 is 10.0 Å². The zero-order valence-corrected chi connectivity index (χ0v) is 20.4. The third-order valence-corrected chi connectivity index (χ3v) is 9.17. The molecule has 0 N–H and O–H groups in total. The molecule has 1 aromatic carbocycles. The highest BCUT2D eigenvalue weighted by molar-refractivity contribution is 7.99. The first-order chi connectivity index (χ1) is 15.4. The minimum atomic E-state index is -3.44. The third-order valence-electron chi connectivity index (χ3n) is 6.31. The Labute approximate surface area is 194 Å². The minimum absolute atomic E-state index is 0.144. The van der Waals surface area contributed by atoms with Crippen LogP contribution in [0.15, 0.2) is 34.3 Å². The van der Waals surface area contributed by atoms with Crippen molar-refractivity contribution in [2.45, 2.75) is 56.1 Å². The maximum absolute atomic E-state index is 12.8. The Bertz CT molecular complexity index is 1040. The van der Waals surface area contributed by atoms with E-state index in [9.17, 15) is 13.2 Å². The van der Waals surface area contributed by atoms with Crippen molar-refractivity contribution in [2.75, 3.05) is 31.9 Å². The highest BCUT2D eigenvalue weighted by atomic mass is 32.2. The van der Waals surface area contributed by atoms with Crippen molar-refractivity contribution in [1.82, 2.24) is 24.0 Å². The Kier molecular flexibility index (Phi) is 7.21. The molecular weight excluding hydrogens is 446 g/mol. The standard InChI is InChI=1S/C22H31N5O3S2/c1-3-27-21(18-6-8-19(9-7-18)32(29,30)26-12-4-5-13-26)23-24-22(27)31-16-20(28)25-14-10-17(2)11-15-25/h6-9,17H,3-5,10-16H2,1-2H3. The molecule has 0 radical (unpaired) electrons. The Morgan fingerprint density at radius 1 is 1.06 bits per heavy atom. The van der Waals surface area contributed by atoms with Crippen molar-refractivity contribution in [1.29, 1.82) is 0 Å². The number of piperidine rings is 1. The van der Waals surface area contributed by atoms with Gasteiger partial charge in [-0.3, -0.25) is 4.79 Å². The van der Waals surface area contributed by atoms with E-state index in [1.54, 1.807) is 28.6 Å². The van der Waals surface area contributed by atoms with Crippen LogP contribution >= 0.6 is 11.8 Å². The first-order valence-corrected chi connectivity index (χ1v) is 13.8. The SMILES string of the molecule is CCn1c(SCC(=O)N2CCC(C)CC2)nnc1-c1ccc(S(=O)(=O)N2CCCC2)cc1. The lowest BCUT2D eigenvalue weighted by Crippen LogP contribution is -2.38. The summed E-state index contributed by atoms with van der Waals surface area (Å²) >= 11 is 1.41. The molecule has 2 fully saturated rings. The summed E-state index contributed by atoms with van der Waals surface area (Å²) < 4.78 is 29.0. The largest absolute Gasteiger partial charge is 0.342 e. The summed E-state index contributed by atoms with van der Waals surface area (Å²) in [4.78, 5) is 14.8. The Morgan fingerprint density at radius 2 is 1.72 bits per heavy atom. The van der Waals surface area contributed by atoms with Gasteiger partial charge in [0.15, 0.2) is 11.0 Å². The van der Waals surface area contributed by atoms with Gasteiger partial charge >= 0.3 is 0 Å². The average Bonchev–Trinajstić information content (AvgIpc) is 3.48. The van der Waals surface area contributed by atoms with Gasteiger partial charge in [-0.1, -0.05) is 18.7 Å². The van der Waals surface area contributed by atoms with Crippen molar-refractivity contribution < 1.29 is 13.2 Å². The molecule has 0 atom stereocenters. The molecule has 2 aromatic rings. The quantitative estimate of drug-likeness (QED) is 0.570. The lowest BCUT2D eigenvalue weighted by atomic mass is 9.99. The molecule has 2 saturated heterocycles. The van der Waals surface area contributed by atoms with Gasteiger partial charge in [0, 0.05) is 38.3 Å². The number of likely N-dealkylation sites (tertiary alicyclic amines) is 1. The second-order valence-electron chi connectivity index (χ2n) is 8.54. The fourth-order valence-electron chi connectivity index (χ4n) is 4.22. The Balaban J connectivity index is 1.45. The van der Waals surface area contributed by atoms with E-state index in [0.29, 0.717) is 47.2 Å². The molecule has 32 heavy (non-hydrogen) atoms. The Hall–Kier alpha value is -1.91. The number of carbonyl (C=O) groups excluding carboxylic acids is 1. The molecule has 174 valence electrons. The molecule has 0 aliphatic carbocycles. The maximum Gasteiger partial charge on any atom is 0.243 e. The van der Waals surface area contributed by atoms with Gasteiger partial charge in [0.25, 0.3) is 0 Å². The minimum Gasteiger partial charge on any atom is -0.342 e. The number of hydrogen-bond donors (Lipinski definition) is 0.